The van der Waals surface area contributed by atoms with Crippen LogP contribution in [0.25, 0.3) is 0 Å². The fourth-order valence-electron chi connectivity index (χ4n) is 1.96. The number of nitrogens with zero attached hydrogens (tertiary/aromatic N) is 1. The number of hydrogen-bond acceptors (Lipinski definition) is 5. The minimum absolute atomic E-state index is 0.0704. The van der Waals surface area contributed by atoms with Gasteiger partial charge in [0, 0.05) is 11.8 Å². The fraction of sp³-hybridized carbons (Fsp3) is 0.0667. The molecule has 0 saturated carbocycles. The number of halogens is 1. The largest absolute Gasteiger partial charge is 0.494 e. The average molecular weight is 334 g/mol. The SMILES string of the molecule is COc1cc(C(=O)Nc2cccc(C(=O)O)c2)c([N+](=O)[O-])cc1F. The number of carbonyl (C=O) groups excluding carboxylic acids is 1. The Kier molecular flexibility index (Phi) is 4.73. The Labute approximate surface area is 134 Å². The number of benzene rings is 2. The summed E-state index contributed by atoms with van der Waals surface area (Å²) in [6.45, 7) is 0. The van der Waals surface area contributed by atoms with Gasteiger partial charge in [0.1, 0.15) is 5.56 Å². The lowest BCUT2D eigenvalue weighted by molar-refractivity contribution is -0.385. The molecule has 2 aromatic rings. The van der Waals surface area contributed by atoms with Crippen LogP contribution in [0.1, 0.15) is 20.7 Å². The summed E-state index contributed by atoms with van der Waals surface area (Å²) in [6, 6.07) is 6.81. The van der Waals surface area contributed by atoms with E-state index in [4.69, 9.17) is 9.84 Å². The van der Waals surface area contributed by atoms with Crippen LogP contribution >= 0.6 is 0 Å². The predicted octanol–water partition coefficient (Wildman–Crippen LogP) is 2.69. The number of nitrogens with one attached hydrogen (secondary N) is 1. The molecule has 2 aromatic carbocycles. The van der Waals surface area contributed by atoms with Crippen LogP contribution in [-0.4, -0.2) is 29.0 Å². The zero-order valence-electron chi connectivity index (χ0n) is 12.3. The van der Waals surface area contributed by atoms with Crippen LogP contribution in [0, 0.1) is 15.9 Å². The van der Waals surface area contributed by atoms with Crippen LogP contribution in [0.5, 0.6) is 5.75 Å². The van der Waals surface area contributed by atoms with Crippen molar-refractivity contribution in [2.24, 2.45) is 0 Å². The lowest BCUT2D eigenvalue weighted by Crippen LogP contribution is -2.15. The van der Waals surface area contributed by atoms with Gasteiger partial charge in [-0.15, -0.1) is 0 Å². The molecule has 124 valence electrons. The highest BCUT2D eigenvalue weighted by atomic mass is 19.1. The minimum Gasteiger partial charge on any atom is -0.494 e. The molecule has 0 bridgehead atoms. The van der Waals surface area contributed by atoms with Crippen molar-refractivity contribution in [1.82, 2.24) is 0 Å². The third kappa shape index (κ3) is 3.46. The van der Waals surface area contributed by atoms with Gasteiger partial charge in [-0.3, -0.25) is 14.9 Å². The summed E-state index contributed by atoms with van der Waals surface area (Å²) < 4.78 is 18.3. The molecule has 0 aliphatic heterocycles. The van der Waals surface area contributed by atoms with Gasteiger partial charge in [0.25, 0.3) is 11.6 Å². The summed E-state index contributed by atoms with van der Waals surface area (Å²) in [4.78, 5) is 33.3. The fourth-order valence-corrected chi connectivity index (χ4v) is 1.96. The van der Waals surface area contributed by atoms with E-state index < -0.39 is 33.9 Å². The second kappa shape index (κ2) is 6.73. The number of ether oxygens (including phenoxy) is 1. The van der Waals surface area contributed by atoms with Gasteiger partial charge >= 0.3 is 5.97 Å². The van der Waals surface area contributed by atoms with Crippen molar-refractivity contribution in [1.29, 1.82) is 0 Å². The first kappa shape index (κ1) is 16.9. The topological polar surface area (TPSA) is 119 Å². The summed E-state index contributed by atoms with van der Waals surface area (Å²) in [5.74, 6) is -3.40. The number of aromatic carboxylic acids is 1. The molecule has 0 radical (unpaired) electrons. The van der Waals surface area contributed by atoms with Crippen molar-refractivity contribution in [3.63, 3.8) is 0 Å². The molecule has 2 N–H and O–H groups in total. The van der Waals surface area contributed by atoms with E-state index >= 15 is 0 Å². The first-order valence-electron chi connectivity index (χ1n) is 6.50. The third-order valence-electron chi connectivity index (χ3n) is 3.08. The molecule has 0 fully saturated rings. The Bertz CT molecular complexity index is 837. The van der Waals surface area contributed by atoms with Gasteiger partial charge in [0.05, 0.1) is 23.7 Å². The van der Waals surface area contributed by atoms with Gasteiger partial charge < -0.3 is 15.2 Å². The Morgan fingerprint density at radius 3 is 2.58 bits per heavy atom. The summed E-state index contributed by atoms with van der Waals surface area (Å²) >= 11 is 0. The molecule has 8 nitrogen and oxygen atoms in total. The number of anilines is 1. The second-order valence-electron chi connectivity index (χ2n) is 4.60. The summed E-state index contributed by atoms with van der Waals surface area (Å²) in [5, 5.41) is 22.3. The predicted molar refractivity (Wildman–Crippen MR) is 81.0 cm³/mol. The van der Waals surface area contributed by atoms with Crippen LogP contribution in [0.4, 0.5) is 15.8 Å². The molecule has 0 atom stereocenters. The van der Waals surface area contributed by atoms with E-state index in [0.29, 0.717) is 6.07 Å². The van der Waals surface area contributed by atoms with E-state index in [1.54, 1.807) is 0 Å². The zero-order chi connectivity index (χ0) is 17.9. The van der Waals surface area contributed by atoms with Crippen molar-refractivity contribution in [3.05, 3.63) is 63.5 Å². The number of methoxy groups -OCH3 is 1. The highest BCUT2D eigenvalue weighted by molar-refractivity contribution is 6.07. The number of amides is 1. The van der Waals surface area contributed by atoms with Gasteiger partial charge in [-0.05, 0) is 18.2 Å². The molecule has 0 saturated heterocycles. The Morgan fingerprint density at radius 2 is 2.00 bits per heavy atom. The van der Waals surface area contributed by atoms with E-state index in [1.807, 2.05) is 0 Å². The maximum absolute atomic E-state index is 13.6. The van der Waals surface area contributed by atoms with E-state index in [9.17, 15) is 24.1 Å². The molecule has 0 aliphatic carbocycles. The summed E-state index contributed by atoms with van der Waals surface area (Å²) in [6.07, 6.45) is 0. The monoisotopic (exact) mass is 334 g/mol. The van der Waals surface area contributed by atoms with E-state index in [-0.39, 0.29) is 17.0 Å². The quantitative estimate of drug-likeness (QED) is 0.641. The highest BCUT2D eigenvalue weighted by Crippen LogP contribution is 2.28. The first-order chi connectivity index (χ1) is 11.3. The number of nitro groups is 1. The third-order valence-corrected chi connectivity index (χ3v) is 3.08. The van der Waals surface area contributed by atoms with Crippen molar-refractivity contribution >= 4 is 23.3 Å². The molecule has 1 amide bonds. The van der Waals surface area contributed by atoms with Crippen molar-refractivity contribution < 1.29 is 28.7 Å². The van der Waals surface area contributed by atoms with E-state index in [1.165, 1.54) is 24.3 Å². The molecule has 0 aromatic heterocycles. The molecular formula is C15H11FN2O6. The highest BCUT2D eigenvalue weighted by Gasteiger charge is 2.24. The molecule has 9 heteroatoms. The number of hydrogen-bond donors (Lipinski definition) is 2. The molecule has 2 rings (SSSR count). The Balaban J connectivity index is 2.40. The molecule has 0 spiro atoms. The maximum Gasteiger partial charge on any atom is 0.335 e. The minimum atomic E-state index is -1.19. The first-order valence-corrected chi connectivity index (χ1v) is 6.50. The van der Waals surface area contributed by atoms with Crippen LogP contribution < -0.4 is 10.1 Å². The van der Waals surface area contributed by atoms with Crippen LogP contribution in [0.15, 0.2) is 36.4 Å². The van der Waals surface area contributed by atoms with Crippen molar-refractivity contribution in [2.75, 3.05) is 12.4 Å². The second-order valence-corrected chi connectivity index (χ2v) is 4.60. The van der Waals surface area contributed by atoms with Crippen LogP contribution in [0.3, 0.4) is 0 Å². The number of carboxylic acid groups (broad SMARTS) is 1. The summed E-state index contributed by atoms with van der Waals surface area (Å²) in [7, 11) is 1.16. The van der Waals surface area contributed by atoms with Gasteiger partial charge in [-0.1, -0.05) is 6.07 Å². The number of nitro benzene ring substituents is 1. The lowest BCUT2D eigenvalue weighted by atomic mass is 10.1. The molecule has 0 unspecified atom stereocenters. The molecule has 24 heavy (non-hydrogen) atoms. The van der Waals surface area contributed by atoms with E-state index in [2.05, 4.69) is 5.32 Å². The van der Waals surface area contributed by atoms with Crippen molar-refractivity contribution in [2.45, 2.75) is 0 Å². The van der Waals surface area contributed by atoms with Crippen LogP contribution in [-0.2, 0) is 0 Å². The van der Waals surface area contributed by atoms with Gasteiger partial charge in [0.2, 0.25) is 0 Å². The Hall–Kier alpha value is -3.49. The average Bonchev–Trinajstić information content (AvgIpc) is 2.54. The number of carboxylic acids is 1. The van der Waals surface area contributed by atoms with Gasteiger partial charge in [-0.25, -0.2) is 9.18 Å². The standard InChI is InChI=1S/C15H11FN2O6/c1-24-13-6-10(12(18(22)23)7-11(13)16)14(19)17-9-4-2-3-8(5-9)15(20)21/h2-7H,1H3,(H,17,19)(H,20,21). The smallest absolute Gasteiger partial charge is 0.335 e. The number of rotatable bonds is 5. The van der Waals surface area contributed by atoms with Crippen molar-refractivity contribution in [3.8, 4) is 5.75 Å². The van der Waals surface area contributed by atoms with Crippen LogP contribution in [0.2, 0.25) is 0 Å². The maximum atomic E-state index is 13.6. The molecule has 0 heterocycles. The Morgan fingerprint density at radius 1 is 1.29 bits per heavy atom. The molecular weight excluding hydrogens is 323 g/mol. The normalized spacial score (nSPS) is 10.1. The van der Waals surface area contributed by atoms with Gasteiger partial charge in [-0.2, -0.15) is 0 Å². The summed E-state index contributed by atoms with van der Waals surface area (Å²) in [5.41, 5.74) is -1.10. The van der Waals surface area contributed by atoms with Gasteiger partial charge in [0.15, 0.2) is 11.6 Å². The lowest BCUT2D eigenvalue weighted by Gasteiger charge is -2.09. The van der Waals surface area contributed by atoms with E-state index in [0.717, 1.165) is 13.2 Å². The zero-order valence-corrected chi connectivity index (χ0v) is 12.3. The molecule has 0 aliphatic rings. The number of carbonyl (C=O) groups is 2.